The summed E-state index contributed by atoms with van der Waals surface area (Å²) in [6.07, 6.45) is -1.35. The lowest BCUT2D eigenvalue weighted by Gasteiger charge is -2.29. The number of benzene rings is 1. The average Bonchev–Trinajstić information content (AvgIpc) is 2.81. The van der Waals surface area contributed by atoms with Gasteiger partial charge in [0, 0.05) is 11.6 Å². The molecule has 0 bridgehead atoms. The summed E-state index contributed by atoms with van der Waals surface area (Å²) in [4.78, 5) is 0. The van der Waals surface area contributed by atoms with Gasteiger partial charge in [-0.05, 0) is 30.9 Å². The molecule has 5 heteroatoms. The Morgan fingerprint density at radius 1 is 1.29 bits per heavy atom. The third-order valence-corrected chi connectivity index (χ3v) is 4.26. The summed E-state index contributed by atoms with van der Waals surface area (Å²) >= 11 is 0. The first-order valence-electron chi connectivity index (χ1n) is 7.50. The molecule has 3 atom stereocenters. The van der Waals surface area contributed by atoms with Crippen LogP contribution in [0, 0.1) is 11.8 Å². The van der Waals surface area contributed by atoms with E-state index in [0.717, 1.165) is 19.3 Å². The molecule has 0 aromatic heterocycles. The minimum absolute atomic E-state index is 0.0879. The van der Waals surface area contributed by atoms with Crippen molar-refractivity contribution in [2.45, 2.75) is 45.5 Å². The Morgan fingerprint density at radius 3 is 2.57 bits per heavy atom. The van der Waals surface area contributed by atoms with Gasteiger partial charge in [0.2, 0.25) is 0 Å². The van der Waals surface area contributed by atoms with E-state index in [1.54, 1.807) is 18.2 Å². The lowest BCUT2D eigenvalue weighted by Crippen LogP contribution is -2.30. The molecule has 0 saturated heterocycles. The Bertz CT molecular complexity index is 461. The second-order valence-electron chi connectivity index (χ2n) is 5.69. The number of hydrogen-bond acceptors (Lipinski definition) is 2. The van der Waals surface area contributed by atoms with Gasteiger partial charge in [-0.3, -0.25) is 0 Å². The highest BCUT2D eigenvalue weighted by Crippen LogP contribution is 2.43. The van der Waals surface area contributed by atoms with E-state index >= 15 is 0 Å². The van der Waals surface area contributed by atoms with Crippen LogP contribution in [-0.2, 0) is 0 Å². The van der Waals surface area contributed by atoms with E-state index in [1.165, 1.54) is 6.07 Å². The van der Waals surface area contributed by atoms with Gasteiger partial charge in [0.15, 0.2) is 0 Å². The molecular formula is C16H22F3NO. The van der Waals surface area contributed by atoms with Crippen LogP contribution in [0.5, 0.6) is 5.75 Å². The highest BCUT2D eigenvalue weighted by atomic mass is 19.4. The molecule has 0 radical (unpaired) electrons. The van der Waals surface area contributed by atoms with E-state index in [1.807, 2.05) is 6.92 Å². The van der Waals surface area contributed by atoms with Crippen molar-refractivity contribution >= 4 is 0 Å². The van der Waals surface area contributed by atoms with Crippen LogP contribution < -0.4 is 10.1 Å². The van der Waals surface area contributed by atoms with Crippen LogP contribution in [0.1, 0.15) is 44.7 Å². The van der Waals surface area contributed by atoms with E-state index in [4.69, 9.17) is 0 Å². The highest BCUT2D eigenvalue weighted by Gasteiger charge is 2.36. The minimum atomic E-state index is -4.66. The van der Waals surface area contributed by atoms with Gasteiger partial charge in [-0.25, -0.2) is 0 Å². The molecule has 118 valence electrons. The van der Waals surface area contributed by atoms with Crippen LogP contribution in [-0.4, -0.2) is 12.9 Å². The Kier molecular flexibility index (Phi) is 5.14. The van der Waals surface area contributed by atoms with E-state index in [9.17, 15) is 13.2 Å². The SMILES string of the molecule is CCNC(c1ccccc1OC(F)(F)F)C1CCCC1C. The first-order valence-corrected chi connectivity index (χ1v) is 7.50. The average molecular weight is 301 g/mol. The molecule has 0 amide bonds. The van der Waals surface area contributed by atoms with Gasteiger partial charge in [-0.2, -0.15) is 0 Å². The number of rotatable bonds is 5. The van der Waals surface area contributed by atoms with Gasteiger partial charge < -0.3 is 10.1 Å². The predicted molar refractivity (Wildman–Crippen MR) is 76.0 cm³/mol. The predicted octanol–water partition coefficient (Wildman–Crippen LogP) is 4.67. The lowest BCUT2D eigenvalue weighted by atomic mass is 9.85. The van der Waals surface area contributed by atoms with Crippen LogP contribution in [0.2, 0.25) is 0 Å². The third-order valence-electron chi connectivity index (χ3n) is 4.26. The molecule has 1 fully saturated rings. The number of nitrogens with one attached hydrogen (secondary N) is 1. The van der Waals surface area contributed by atoms with Crippen molar-refractivity contribution in [2.24, 2.45) is 11.8 Å². The van der Waals surface area contributed by atoms with Gasteiger partial charge >= 0.3 is 6.36 Å². The normalized spacial score (nSPS) is 24.0. The van der Waals surface area contributed by atoms with E-state index in [0.29, 0.717) is 23.9 Å². The molecule has 0 aliphatic heterocycles. The molecule has 1 aliphatic rings. The number of para-hydroxylation sites is 1. The van der Waals surface area contributed by atoms with Crippen LogP contribution in [0.3, 0.4) is 0 Å². The maximum Gasteiger partial charge on any atom is 0.573 e. The molecule has 1 N–H and O–H groups in total. The van der Waals surface area contributed by atoms with Crippen molar-refractivity contribution in [2.75, 3.05) is 6.54 Å². The first kappa shape index (κ1) is 16.1. The van der Waals surface area contributed by atoms with Crippen LogP contribution in [0.15, 0.2) is 24.3 Å². The van der Waals surface area contributed by atoms with Crippen LogP contribution in [0.25, 0.3) is 0 Å². The summed E-state index contributed by atoms with van der Waals surface area (Å²) in [5.74, 6) is 0.769. The number of hydrogen-bond donors (Lipinski definition) is 1. The maximum absolute atomic E-state index is 12.6. The number of ether oxygens (including phenoxy) is 1. The second-order valence-corrected chi connectivity index (χ2v) is 5.69. The fraction of sp³-hybridized carbons (Fsp3) is 0.625. The Labute approximate surface area is 123 Å². The molecule has 2 nitrogen and oxygen atoms in total. The monoisotopic (exact) mass is 301 g/mol. The Morgan fingerprint density at radius 2 is 2.00 bits per heavy atom. The topological polar surface area (TPSA) is 21.3 Å². The summed E-state index contributed by atoms with van der Waals surface area (Å²) in [6.45, 7) is 4.86. The summed E-state index contributed by atoms with van der Waals surface area (Å²) in [5, 5.41) is 3.35. The standard InChI is InChI=1S/C16H22F3NO/c1-3-20-15(12-9-6-7-11(12)2)13-8-4-5-10-14(13)21-16(17,18)19/h4-5,8,10-12,15,20H,3,6-7,9H2,1-2H3. The van der Waals surface area contributed by atoms with Crippen molar-refractivity contribution in [3.8, 4) is 5.75 Å². The maximum atomic E-state index is 12.6. The molecule has 3 unspecified atom stereocenters. The van der Waals surface area contributed by atoms with Gasteiger partial charge in [0.1, 0.15) is 5.75 Å². The van der Waals surface area contributed by atoms with Gasteiger partial charge in [0.05, 0.1) is 0 Å². The molecule has 1 aromatic carbocycles. The third kappa shape index (κ3) is 4.13. The minimum Gasteiger partial charge on any atom is -0.405 e. The zero-order valence-corrected chi connectivity index (χ0v) is 12.4. The molecule has 1 saturated carbocycles. The van der Waals surface area contributed by atoms with Gasteiger partial charge in [-0.15, -0.1) is 13.2 Å². The molecular weight excluding hydrogens is 279 g/mol. The first-order chi connectivity index (χ1) is 9.92. The van der Waals surface area contributed by atoms with E-state index < -0.39 is 6.36 Å². The largest absolute Gasteiger partial charge is 0.573 e. The summed E-state index contributed by atoms with van der Waals surface area (Å²) in [7, 11) is 0. The number of alkyl halides is 3. The fourth-order valence-electron chi connectivity index (χ4n) is 3.34. The summed E-state index contributed by atoms with van der Waals surface area (Å²) < 4.78 is 42.0. The zero-order chi connectivity index (χ0) is 15.5. The Balaban J connectivity index is 2.31. The van der Waals surface area contributed by atoms with Crippen molar-refractivity contribution in [1.29, 1.82) is 0 Å². The zero-order valence-electron chi connectivity index (χ0n) is 12.4. The van der Waals surface area contributed by atoms with Gasteiger partial charge in [0.25, 0.3) is 0 Å². The van der Waals surface area contributed by atoms with Crippen LogP contribution in [0.4, 0.5) is 13.2 Å². The Hall–Kier alpha value is -1.23. The van der Waals surface area contributed by atoms with Crippen molar-refractivity contribution in [3.63, 3.8) is 0 Å². The van der Waals surface area contributed by atoms with Crippen molar-refractivity contribution in [3.05, 3.63) is 29.8 Å². The molecule has 21 heavy (non-hydrogen) atoms. The molecule has 2 rings (SSSR count). The summed E-state index contributed by atoms with van der Waals surface area (Å²) in [6, 6.07) is 6.38. The van der Waals surface area contributed by atoms with Crippen molar-refractivity contribution in [1.82, 2.24) is 5.32 Å². The van der Waals surface area contributed by atoms with E-state index in [-0.39, 0.29) is 11.8 Å². The smallest absolute Gasteiger partial charge is 0.405 e. The van der Waals surface area contributed by atoms with Gasteiger partial charge in [-0.1, -0.05) is 44.9 Å². The summed E-state index contributed by atoms with van der Waals surface area (Å²) in [5.41, 5.74) is 0.607. The van der Waals surface area contributed by atoms with E-state index in [2.05, 4.69) is 17.0 Å². The molecule has 0 spiro atoms. The molecule has 1 aliphatic carbocycles. The van der Waals surface area contributed by atoms with Crippen LogP contribution >= 0.6 is 0 Å². The lowest BCUT2D eigenvalue weighted by molar-refractivity contribution is -0.275. The quantitative estimate of drug-likeness (QED) is 0.853. The fourth-order valence-corrected chi connectivity index (χ4v) is 3.34. The highest BCUT2D eigenvalue weighted by molar-refractivity contribution is 5.36. The number of halogens is 3. The second kappa shape index (κ2) is 6.69. The van der Waals surface area contributed by atoms with Crippen molar-refractivity contribution < 1.29 is 17.9 Å². The molecule has 1 aromatic rings. The molecule has 0 heterocycles.